The van der Waals surface area contributed by atoms with Crippen LogP contribution in [0.15, 0.2) is 24.3 Å². The Kier molecular flexibility index (Phi) is 8.26. The molecule has 33 heavy (non-hydrogen) atoms. The number of rotatable bonds is 5. The van der Waals surface area contributed by atoms with Gasteiger partial charge in [-0.25, -0.2) is 14.8 Å². The molecule has 0 aliphatic carbocycles. The van der Waals surface area contributed by atoms with Gasteiger partial charge in [0.2, 0.25) is 0 Å². The summed E-state index contributed by atoms with van der Waals surface area (Å²) in [5.41, 5.74) is 3.85. The van der Waals surface area contributed by atoms with Crippen molar-refractivity contribution in [1.29, 1.82) is 0 Å². The van der Waals surface area contributed by atoms with Crippen molar-refractivity contribution in [3.63, 3.8) is 0 Å². The smallest absolute Gasteiger partial charge is 0.319 e. The number of carbonyl (C=O) groups is 1. The lowest BCUT2D eigenvalue weighted by atomic mass is 9.99. The zero-order valence-corrected chi connectivity index (χ0v) is 20.9. The lowest BCUT2D eigenvalue weighted by Crippen LogP contribution is -2.37. The number of hydrogen-bond donors (Lipinski definition) is 2. The van der Waals surface area contributed by atoms with E-state index >= 15 is 0 Å². The SMILES string of the molecule is CC.CCNC(=O)Nc1ccc(-c2nc(N3CCOCC3)c3c(n2)C(C)(C)N(CC)C3)cc1. The van der Waals surface area contributed by atoms with Gasteiger partial charge in [0.05, 0.1) is 24.4 Å². The molecule has 3 heterocycles. The molecule has 0 spiro atoms. The van der Waals surface area contributed by atoms with Gasteiger partial charge < -0.3 is 20.3 Å². The molecule has 0 bridgehead atoms. The van der Waals surface area contributed by atoms with Crippen molar-refractivity contribution in [3.05, 3.63) is 35.5 Å². The van der Waals surface area contributed by atoms with Crippen LogP contribution in [0.2, 0.25) is 0 Å². The minimum atomic E-state index is -0.208. The first-order chi connectivity index (χ1) is 15.9. The minimum absolute atomic E-state index is 0.150. The molecule has 1 saturated heterocycles. The monoisotopic (exact) mass is 454 g/mol. The molecular weight excluding hydrogens is 416 g/mol. The predicted molar refractivity (Wildman–Crippen MR) is 134 cm³/mol. The highest BCUT2D eigenvalue weighted by Crippen LogP contribution is 2.42. The third-order valence-corrected chi connectivity index (χ3v) is 6.13. The number of urea groups is 1. The second-order valence-corrected chi connectivity index (χ2v) is 8.43. The van der Waals surface area contributed by atoms with Crippen molar-refractivity contribution in [3.8, 4) is 11.4 Å². The average molecular weight is 455 g/mol. The Labute approximate surface area is 197 Å². The van der Waals surface area contributed by atoms with Crippen LogP contribution in [0.3, 0.4) is 0 Å². The Morgan fingerprint density at radius 3 is 2.36 bits per heavy atom. The van der Waals surface area contributed by atoms with Crippen molar-refractivity contribution < 1.29 is 9.53 Å². The summed E-state index contributed by atoms with van der Waals surface area (Å²) in [4.78, 5) is 26.6. The largest absolute Gasteiger partial charge is 0.378 e. The van der Waals surface area contributed by atoms with Gasteiger partial charge in [0.15, 0.2) is 5.82 Å². The minimum Gasteiger partial charge on any atom is -0.378 e. The molecular formula is C25H38N6O2. The van der Waals surface area contributed by atoms with Gasteiger partial charge in [-0.05, 0) is 51.6 Å². The number of nitrogens with zero attached hydrogens (tertiary/aromatic N) is 4. The quantitative estimate of drug-likeness (QED) is 0.704. The van der Waals surface area contributed by atoms with Crippen LogP contribution in [0, 0.1) is 0 Å². The van der Waals surface area contributed by atoms with Crippen LogP contribution in [0.4, 0.5) is 16.3 Å². The Bertz CT molecular complexity index is 939. The molecule has 4 rings (SSSR count). The zero-order chi connectivity index (χ0) is 24.0. The topological polar surface area (TPSA) is 82.6 Å². The molecule has 2 N–H and O–H groups in total. The Balaban J connectivity index is 0.00000149. The van der Waals surface area contributed by atoms with E-state index in [-0.39, 0.29) is 11.6 Å². The van der Waals surface area contributed by atoms with E-state index in [1.165, 1.54) is 5.56 Å². The van der Waals surface area contributed by atoms with Gasteiger partial charge in [-0.2, -0.15) is 0 Å². The van der Waals surface area contributed by atoms with Crippen molar-refractivity contribution in [2.75, 3.05) is 49.6 Å². The van der Waals surface area contributed by atoms with Crippen LogP contribution in [-0.2, 0) is 16.8 Å². The maximum Gasteiger partial charge on any atom is 0.319 e. The Hall–Kier alpha value is -2.71. The lowest BCUT2D eigenvalue weighted by molar-refractivity contribution is 0.122. The van der Waals surface area contributed by atoms with E-state index in [1.807, 2.05) is 45.0 Å². The second-order valence-electron chi connectivity index (χ2n) is 8.43. The highest BCUT2D eigenvalue weighted by Gasteiger charge is 2.41. The fraction of sp³-hybridized carbons (Fsp3) is 0.560. The standard InChI is InChI=1S/C23H32N6O2.C2H6/c1-5-24-22(30)25-17-9-7-16(8-10-17)20-26-19-18(15-29(6-2)23(19,3)4)21(27-20)28-11-13-31-14-12-28;1-2/h7-10H,5-6,11-15H2,1-4H3,(H2,24,25,30);1-2H3. The Morgan fingerprint density at radius 2 is 1.76 bits per heavy atom. The van der Waals surface area contributed by atoms with Gasteiger partial charge in [0, 0.05) is 43.0 Å². The van der Waals surface area contributed by atoms with E-state index in [2.05, 4.69) is 41.2 Å². The summed E-state index contributed by atoms with van der Waals surface area (Å²) in [5.74, 6) is 1.74. The van der Waals surface area contributed by atoms with Gasteiger partial charge >= 0.3 is 6.03 Å². The molecule has 180 valence electrons. The molecule has 2 aliphatic heterocycles. The van der Waals surface area contributed by atoms with E-state index in [4.69, 9.17) is 14.7 Å². The number of fused-ring (bicyclic) bond motifs is 1. The molecule has 0 unspecified atom stereocenters. The number of anilines is 2. The van der Waals surface area contributed by atoms with E-state index in [1.54, 1.807) is 0 Å². The number of morpholine rings is 1. The summed E-state index contributed by atoms with van der Waals surface area (Å²) in [7, 11) is 0. The van der Waals surface area contributed by atoms with Gasteiger partial charge in [-0.15, -0.1) is 0 Å². The summed E-state index contributed by atoms with van der Waals surface area (Å²) in [6, 6.07) is 7.50. The third-order valence-electron chi connectivity index (χ3n) is 6.13. The number of nitrogens with one attached hydrogen (secondary N) is 2. The van der Waals surface area contributed by atoms with E-state index in [0.717, 1.165) is 68.0 Å². The molecule has 2 amide bonds. The molecule has 0 radical (unpaired) electrons. The maximum absolute atomic E-state index is 11.8. The van der Waals surface area contributed by atoms with Crippen molar-refractivity contribution >= 4 is 17.5 Å². The first-order valence-corrected chi connectivity index (χ1v) is 12.1. The zero-order valence-electron chi connectivity index (χ0n) is 20.9. The van der Waals surface area contributed by atoms with Crippen LogP contribution < -0.4 is 15.5 Å². The molecule has 0 atom stereocenters. The predicted octanol–water partition coefficient (Wildman–Crippen LogP) is 4.22. The van der Waals surface area contributed by atoms with E-state index in [0.29, 0.717) is 6.54 Å². The van der Waals surface area contributed by atoms with Gasteiger partial charge in [-0.1, -0.05) is 20.8 Å². The first kappa shape index (κ1) is 24.9. The fourth-order valence-corrected chi connectivity index (χ4v) is 4.37. The molecule has 0 saturated carbocycles. The number of amides is 2. The van der Waals surface area contributed by atoms with Crippen molar-refractivity contribution in [2.45, 2.75) is 53.6 Å². The highest BCUT2D eigenvalue weighted by atomic mass is 16.5. The molecule has 1 aromatic carbocycles. The maximum atomic E-state index is 11.8. The van der Waals surface area contributed by atoms with E-state index in [9.17, 15) is 4.79 Å². The summed E-state index contributed by atoms with van der Waals surface area (Å²) in [5, 5.41) is 5.57. The average Bonchev–Trinajstić information content (AvgIpc) is 3.10. The second kappa shape index (κ2) is 10.9. The van der Waals surface area contributed by atoms with Crippen LogP contribution in [0.1, 0.15) is 52.8 Å². The van der Waals surface area contributed by atoms with Crippen LogP contribution in [0.5, 0.6) is 0 Å². The number of ether oxygens (including phenoxy) is 1. The molecule has 1 aromatic heterocycles. The van der Waals surface area contributed by atoms with Crippen LogP contribution >= 0.6 is 0 Å². The number of carbonyl (C=O) groups excluding carboxylic acids is 1. The molecule has 8 nitrogen and oxygen atoms in total. The van der Waals surface area contributed by atoms with Crippen LogP contribution in [0.25, 0.3) is 11.4 Å². The summed E-state index contributed by atoms with van der Waals surface area (Å²) < 4.78 is 5.57. The number of benzene rings is 1. The lowest BCUT2D eigenvalue weighted by Gasteiger charge is -2.30. The summed E-state index contributed by atoms with van der Waals surface area (Å²) >= 11 is 0. The summed E-state index contributed by atoms with van der Waals surface area (Å²) in [6.45, 7) is 18.1. The highest BCUT2D eigenvalue weighted by molar-refractivity contribution is 5.89. The van der Waals surface area contributed by atoms with Crippen LogP contribution in [-0.4, -0.2) is 60.3 Å². The Morgan fingerprint density at radius 1 is 1.09 bits per heavy atom. The third kappa shape index (κ3) is 5.28. The van der Waals surface area contributed by atoms with Gasteiger partial charge in [-0.3, -0.25) is 4.90 Å². The van der Waals surface area contributed by atoms with Crippen molar-refractivity contribution in [1.82, 2.24) is 20.2 Å². The summed E-state index contributed by atoms with van der Waals surface area (Å²) in [6.07, 6.45) is 0. The first-order valence-electron chi connectivity index (χ1n) is 12.1. The van der Waals surface area contributed by atoms with Gasteiger partial charge in [0.1, 0.15) is 5.82 Å². The molecule has 1 fully saturated rings. The van der Waals surface area contributed by atoms with E-state index < -0.39 is 0 Å². The van der Waals surface area contributed by atoms with Crippen molar-refractivity contribution in [2.24, 2.45) is 0 Å². The van der Waals surface area contributed by atoms with Gasteiger partial charge in [0.25, 0.3) is 0 Å². The normalized spacial score (nSPS) is 17.1. The number of hydrogen-bond acceptors (Lipinski definition) is 6. The molecule has 2 aromatic rings. The molecule has 2 aliphatic rings. The number of aromatic nitrogens is 2. The fourth-order valence-electron chi connectivity index (χ4n) is 4.37. The molecule has 8 heteroatoms.